The van der Waals surface area contributed by atoms with E-state index in [1.54, 1.807) is 0 Å². The molecule has 2 N–H and O–H groups in total. The summed E-state index contributed by atoms with van der Waals surface area (Å²) in [6, 6.07) is 5.28. The molecule has 1 aromatic carbocycles. The number of rotatable bonds is 5. The number of alkyl halides is 3. The second kappa shape index (κ2) is 6.21. The number of nitrogens with one attached hydrogen (secondary N) is 1. The van der Waals surface area contributed by atoms with Gasteiger partial charge in [0.15, 0.2) is 0 Å². The van der Waals surface area contributed by atoms with Crippen molar-refractivity contribution in [3.05, 3.63) is 35.4 Å². The topological polar surface area (TPSA) is 66.4 Å². The van der Waals surface area contributed by atoms with Gasteiger partial charge in [0.05, 0.1) is 5.56 Å². The van der Waals surface area contributed by atoms with Gasteiger partial charge >= 0.3 is 12.1 Å². The first-order valence-corrected chi connectivity index (χ1v) is 5.48. The van der Waals surface area contributed by atoms with Crippen LogP contribution in [0.5, 0.6) is 0 Å². The Balaban J connectivity index is 2.50. The fourth-order valence-electron chi connectivity index (χ4n) is 1.39. The van der Waals surface area contributed by atoms with Gasteiger partial charge in [-0.3, -0.25) is 4.79 Å². The van der Waals surface area contributed by atoms with E-state index in [-0.39, 0.29) is 24.1 Å². The molecule has 7 heteroatoms. The molecular weight excluding hydrogens is 263 g/mol. The Labute approximate surface area is 107 Å². The van der Waals surface area contributed by atoms with Crippen LogP contribution >= 0.6 is 0 Å². The van der Waals surface area contributed by atoms with Gasteiger partial charge in [-0.2, -0.15) is 13.2 Å². The molecule has 0 aliphatic heterocycles. The Morgan fingerprint density at radius 2 is 1.84 bits per heavy atom. The molecule has 0 unspecified atom stereocenters. The molecule has 0 heterocycles. The van der Waals surface area contributed by atoms with Crippen LogP contribution in [0, 0.1) is 0 Å². The number of benzene rings is 1. The SMILES string of the molecule is O=C(O)c1cccc(C(=O)NCCCC(F)(F)F)c1. The van der Waals surface area contributed by atoms with Gasteiger partial charge in [0.2, 0.25) is 0 Å². The third-order valence-corrected chi connectivity index (χ3v) is 2.29. The number of carbonyl (C=O) groups excluding carboxylic acids is 1. The average molecular weight is 275 g/mol. The van der Waals surface area contributed by atoms with E-state index in [1.807, 2.05) is 0 Å². The summed E-state index contributed by atoms with van der Waals surface area (Å²) in [4.78, 5) is 22.2. The molecule has 1 rings (SSSR count). The maximum atomic E-state index is 11.9. The molecule has 4 nitrogen and oxygen atoms in total. The molecule has 0 bridgehead atoms. The highest BCUT2D eigenvalue weighted by molar-refractivity contribution is 5.97. The van der Waals surface area contributed by atoms with E-state index in [0.717, 1.165) is 0 Å². The van der Waals surface area contributed by atoms with Crippen molar-refractivity contribution in [3.8, 4) is 0 Å². The minimum atomic E-state index is -4.24. The number of hydrogen-bond acceptors (Lipinski definition) is 2. The molecular formula is C12H12F3NO3. The van der Waals surface area contributed by atoms with Gasteiger partial charge in [0.25, 0.3) is 5.91 Å². The van der Waals surface area contributed by atoms with Gasteiger partial charge < -0.3 is 10.4 Å². The lowest BCUT2D eigenvalue weighted by Crippen LogP contribution is -2.25. The zero-order valence-electron chi connectivity index (χ0n) is 9.83. The number of aromatic carboxylic acids is 1. The van der Waals surface area contributed by atoms with Gasteiger partial charge in [0, 0.05) is 18.5 Å². The number of halogens is 3. The van der Waals surface area contributed by atoms with E-state index in [1.165, 1.54) is 24.3 Å². The van der Waals surface area contributed by atoms with Crippen molar-refractivity contribution in [2.75, 3.05) is 6.54 Å². The second-order valence-electron chi connectivity index (χ2n) is 3.86. The third-order valence-electron chi connectivity index (χ3n) is 2.29. The molecule has 0 saturated heterocycles. The Morgan fingerprint density at radius 3 is 2.42 bits per heavy atom. The minimum Gasteiger partial charge on any atom is -0.478 e. The molecule has 0 aliphatic rings. The zero-order chi connectivity index (χ0) is 14.5. The summed E-state index contributed by atoms with van der Waals surface area (Å²) in [5, 5.41) is 11.0. The number of carboxylic acid groups (broad SMARTS) is 1. The minimum absolute atomic E-state index is 0.0528. The number of hydrogen-bond donors (Lipinski definition) is 2. The van der Waals surface area contributed by atoms with Gasteiger partial charge in [0.1, 0.15) is 0 Å². The van der Waals surface area contributed by atoms with Crippen molar-refractivity contribution in [2.45, 2.75) is 19.0 Å². The van der Waals surface area contributed by atoms with Crippen LogP contribution in [0.1, 0.15) is 33.6 Å². The molecule has 104 valence electrons. The van der Waals surface area contributed by atoms with Crippen molar-refractivity contribution in [3.63, 3.8) is 0 Å². The number of carboxylic acids is 1. The highest BCUT2D eigenvalue weighted by atomic mass is 19.4. The van der Waals surface area contributed by atoms with Gasteiger partial charge in [-0.1, -0.05) is 6.07 Å². The number of carbonyl (C=O) groups is 2. The fourth-order valence-corrected chi connectivity index (χ4v) is 1.39. The summed E-state index contributed by atoms with van der Waals surface area (Å²) in [5.74, 6) is -1.77. The van der Waals surface area contributed by atoms with Crippen LogP contribution in [-0.2, 0) is 0 Å². The maximum absolute atomic E-state index is 11.9. The van der Waals surface area contributed by atoms with Gasteiger partial charge in [-0.05, 0) is 24.6 Å². The highest BCUT2D eigenvalue weighted by Crippen LogP contribution is 2.20. The average Bonchev–Trinajstić information content (AvgIpc) is 2.33. The first-order valence-electron chi connectivity index (χ1n) is 5.48. The molecule has 19 heavy (non-hydrogen) atoms. The molecule has 1 aromatic rings. The van der Waals surface area contributed by atoms with E-state index in [4.69, 9.17) is 5.11 Å². The van der Waals surface area contributed by atoms with Crippen molar-refractivity contribution < 1.29 is 27.9 Å². The second-order valence-corrected chi connectivity index (χ2v) is 3.86. The van der Waals surface area contributed by atoms with Crippen LogP contribution in [-0.4, -0.2) is 29.7 Å². The maximum Gasteiger partial charge on any atom is 0.389 e. The normalized spacial score (nSPS) is 11.1. The standard InChI is InChI=1S/C12H12F3NO3/c13-12(14,15)5-2-6-16-10(17)8-3-1-4-9(7-8)11(18)19/h1,3-4,7H,2,5-6H2,(H,16,17)(H,18,19). The molecule has 1 amide bonds. The lowest BCUT2D eigenvalue weighted by atomic mass is 10.1. The first kappa shape index (κ1) is 15.0. The van der Waals surface area contributed by atoms with Crippen molar-refractivity contribution in [1.29, 1.82) is 0 Å². The van der Waals surface area contributed by atoms with Crippen molar-refractivity contribution >= 4 is 11.9 Å². The van der Waals surface area contributed by atoms with E-state index in [9.17, 15) is 22.8 Å². The van der Waals surface area contributed by atoms with Crippen LogP contribution in [0.2, 0.25) is 0 Å². The van der Waals surface area contributed by atoms with Crippen LogP contribution < -0.4 is 5.32 Å². The van der Waals surface area contributed by atoms with E-state index in [2.05, 4.69) is 5.32 Å². The van der Waals surface area contributed by atoms with Crippen molar-refractivity contribution in [2.24, 2.45) is 0 Å². The van der Waals surface area contributed by atoms with Crippen LogP contribution in [0.4, 0.5) is 13.2 Å². The Kier molecular flexibility index (Phi) is 4.91. The fraction of sp³-hybridized carbons (Fsp3) is 0.333. The van der Waals surface area contributed by atoms with Crippen LogP contribution in [0.25, 0.3) is 0 Å². The Bertz CT molecular complexity index is 472. The Morgan fingerprint density at radius 1 is 1.21 bits per heavy atom. The van der Waals surface area contributed by atoms with Gasteiger partial charge in [-0.15, -0.1) is 0 Å². The first-order chi connectivity index (χ1) is 8.79. The summed E-state index contributed by atoms with van der Waals surface area (Å²) in [7, 11) is 0. The number of amides is 1. The smallest absolute Gasteiger partial charge is 0.389 e. The highest BCUT2D eigenvalue weighted by Gasteiger charge is 2.26. The summed E-state index contributed by atoms with van der Waals surface area (Å²) in [5.41, 5.74) is 0.0508. The molecule has 0 atom stereocenters. The third kappa shape index (κ3) is 5.41. The summed E-state index contributed by atoms with van der Waals surface area (Å²) in [6.07, 6.45) is -5.43. The Hall–Kier alpha value is -2.05. The van der Waals surface area contributed by atoms with E-state index < -0.39 is 24.5 Å². The predicted octanol–water partition coefficient (Wildman–Crippen LogP) is 2.46. The molecule has 0 fully saturated rings. The quantitative estimate of drug-likeness (QED) is 0.811. The predicted molar refractivity (Wildman–Crippen MR) is 61.0 cm³/mol. The lowest BCUT2D eigenvalue weighted by Gasteiger charge is -2.07. The summed E-state index contributed by atoms with van der Waals surface area (Å²) in [6.45, 7) is -0.115. The summed E-state index contributed by atoms with van der Waals surface area (Å²) >= 11 is 0. The van der Waals surface area contributed by atoms with Crippen LogP contribution in [0.3, 0.4) is 0 Å². The largest absolute Gasteiger partial charge is 0.478 e. The molecule has 0 aliphatic carbocycles. The monoisotopic (exact) mass is 275 g/mol. The van der Waals surface area contributed by atoms with Gasteiger partial charge in [-0.25, -0.2) is 4.79 Å². The molecule has 0 aromatic heterocycles. The van der Waals surface area contributed by atoms with E-state index in [0.29, 0.717) is 0 Å². The zero-order valence-corrected chi connectivity index (χ0v) is 9.83. The lowest BCUT2D eigenvalue weighted by molar-refractivity contribution is -0.135. The molecule has 0 saturated carbocycles. The summed E-state index contributed by atoms with van der Waals surface area (Å²) < 4.78 is 35.6. The molecule has 0 radical (unpaired) electrons. The van der Waals surface area contributed by atoms with Crippen molar-refractivity contribution in [1.82, 2.24) is 5.32 Å². The van der Waals surface area contributed by atoms with Crippen LogP contribution in [0.15, 0.2) is 24.3 Å². The van der Waals surface area contributed by atoms with E-state index >= 15 is 0 Å². The molecule has 0 spiro atoms.